The molecule has 0 radical (unpaired) electrons. The van der Waals surface area contributed by atoms with Crippen LogP contribution < -0.4 is 0 Å². The van der Waals surface area contributed by atoms with Gasteiger partial charge in [-0.05, 0) is 24.0 Å². The first-order valence-corrected chi connectivity index (χ1v) is 10.2. The number of quaternary nitrogens is 1. The standard InChI is InChI=1S/C24H36NO/c1-4-6-19-25(3,20-7-5-2)21-18-24(26,22-14-10-8-11-15-22)23-16-12-9-13-17-23/h8-17,26H,4-7,18-21H2,1-3H3/q+1. The Bertz CT molecular complexity index is 576. The van der Waals surface area contributed by atoms with Crippen molar-refractivity contribution in [3.05, 3.63) is 71.8 Å². The van der Waals surface area contributed by atoms with E-state index in [1.54, 1.807) is 0 Å². The summed E-state index contributed by atoms with van der Waals surface area (Å²) in [6, 6.07) is 20.3. The maximum absolute atomic E-state index is 11.8. The monoisotopic (exact) mass is 354 g/mol. The van der Waals surface area contributed by atoms with E-state index in [4.69, 9.17) is 0 Å². The molecule has 0 aliphatic carbocycles. The average molecular weight is 355 g/mol. The second kappa shape index (κ2) is 9.89. The molecular formula is C24H36NO+. The smallest absolute Gasteiger partial charge is 0.120 e. The Labute approximate surface area is 160 Å². The minimum absolute atomic E-state index is 0.741. The van der Waals surface area contributed by atoms with Crippen molar-refractivity contribution < 1.29 is 9.59 Å². The summed E-state index contributed by atoms with van der Waals surface area (Å²) < 4.78 is 1.05. The van der Waals surface area contributed by atoms with Gasteiger partial charge in [0, 0.05) is 6.42 Å². The van der Waals surface area contributed by atoms with Gasteiger partial charge >= 0.3 is 0 Å². The Hall–Kier alpha value is -1.64. The predicted octanol–water partition coefficient (Wildman–Crippen LogP) is 5.36. The van der Waals surface area contributed by atoms with E-state index >= 15 is 0 Å². The highest BCUT2D eigenvalue weighted by atomic mass is 16.3. The third kappa shape index (κ3) is 5.43. The molecule has 0 saturated heterocycles. The Kier molecular flexibility index (Phi) is 7.86. The number of unbranched alkanes of at least 4 members (excludes halogenated alkanes) is 2. The average Bonchev–Trinajstić information content (AvgIpc) is 2.70. The van der Waals surface area contributed by atoms with Gasteiger partial charge in [0.1, 0.15) is 5.60 Å². The molecule has 0 amide bonds. The molecule has 142 valence electrons. The lowest BCUT2D eigenvalue weighted by Gasteiger charge is -2.38. The molecule has 0 atom stereocenters. The lowest BCUT2D eigenvalue weighted by atomic mass is 9.83. The van der Waals surface area contributed by atoms with E-state index < -0.39 is 5.60 Å². The van der Waals surface area contributed by atoms with E-state index in [-0.39, 0.29) is 0 Å². The lowest BCUT2D eigenvalue weighted by Crippen LogP contribution is -2.48. The van der Waals surface area contributed by atoms with Gasteiger partial charge in [0.15, 0.2) is 0 Å². The molecule has 0 heterocycles. The quantitative estimate of drug-likeness (QED) is 0.539. The molecule has 0 aliphatic heterocycles. The molecule has 0 aromatic heterocycles. The molecule has 2 heteroatoms. The van der Waals surface area contributed by atoms with Crippen molar-refractivity contribution in [1.29, 1.82) is 0 Å². The number of hydrogen-bond donors (Lipinski definition) is 1. The minimum Gasteiger partial charge on any atom is -0.380 e. The van der Waals surface area contributed by atoms with Gasteiger partial charge in [-0.25, -0.2) is 0 Å². The summed E-state index contributed by atoms with van der Waals surface area (Å²) in [5, 5.41) is 11.8. The molecule has 2 aromatic rings. The van der Waals surface area contributed by atoms with Gasteiger partial charge in [0.25, 0.3) is 0 Å². The number of rotatable bonds is 11. The number of nitrogens with zero attached hydrogens (tertiary/aromatic N) is 1. The van der Waals surface area contributed by atoms with Crippen molar-refractivity contribution in [2.45, 2.75) is 51.6 Å². The Morgan fingerprint density at radius 1 is 0.731 bits per heavy atom. The van der Waals surface area contributed by atoms with E-state index in [2.05, 4.69) is 45.2 Å². The first kappa shape index (κ1) is 20.7. The van der Waals surface area contributed by atoms with E-state index in [9.17, 15) is 5.11 Å². The van der Waals surface area contributed by atoms with Crippen LogP contribution in [-0.2, 0) is 5.60 Å². The van der Waals surface area contributed by atoms with Crippen molar-refractivity contribution in [2.75, 3.05) is 26.7 Å². The van der Waals surface area contributed by atoms with Crippen LogP contribution in [0.1, 0.15) is 57.1 Å². The van der Waals surface area contributed by atoms with Crippen LogP contribution in [0.3, 0.4) is 0 Å². The zero-order valence-electron chi connectivity index (χ0n) is 16.8. The summed E-state index contributed by atoms with van der Waals surface area (Å²) in [6.45, 7) is 7.88. The molecule has 2 nitrogen and oxygen atoms in total. The number of hydrogen-bond acceptors (Lipinski definition) is 1. The van der Waals surface area contributed by atoms with Crippen LogP contribution in [0.5, 0.6) is 0 Å². The van der Waals surface area contributed by atoms with Crippen LogP contribution in [0.25, 0.3) is 0 Å². The highest BCUT2D eigenvalue weighted by molar-refractivity contribution is 5.35. The first-order valence-electron chi connectivity index (χ1n) is 10.2. The molecule has 0 saturated carbocycles. The van der Waals surface area contributed by atoms with Crippen LogP contribution in [0.2, 0.25) is 0 Å². The van der Waals surface area contributed by atoms with Gasteiger partial charge in [-0.2, -0.15) is 0 Å². The molecule has 1 N–H and O–H groups in total. The Morgan fingerprint density at radius 2 is 1.15 bits per heavy atom. The fourth-order valence-corrected chi connectivity index (χ4v) is 3.73. The van der Waals surface area contributed by atoms with Crippen LogP contribution in [0.4, 0.5) is 0 Å². The fourth-order valence-electron chi connectivity index (χ4n) is 3.73. The molecule has 2 rings (SSSR count). The third-order valence-corrected chi connectivity index (χ3v) is 5.62. The van der Waals surface area contributed by atoms with Crippen LogP contribution >= 0.6 is 0 Å². The molecule has 26 heavy (non-hydrogen) atoms. The minimum atomic E-state index is -0.930. The number of benzene rings is 2. The zero-order valence-corrected chi connectivity index (χ0v) is 16.8. The molecule has 0 aliphatic rings. The van der Waals surface area contributed by atoms with Gasteiger partial charge in [-0.1, -0.05) is 87.4 Å². The van der Waals surface area contributed by atoms with Gasteiger partial charge in [0.05, 0.1) is 26.7 Å². The van der Waals surface area contributed by atoms with E-state index in [0.29, 0.717) is 0 Å². The largest absolute Gasteiger partial charge is 0.380 e. The fraction of sp³-hybridized carbons (Fsp3) is 0.500. The zero-order chi connectivity index (χ0) is 18.9. The normalized spacial score (nSPS) is 12.3. The Morgan fingerprint density at radius 3 is 1.54 bits per heavy atom. The molecule has 0 spiro atoms. The molecular weight excluding hydrogens is 318 g/mol. The van der Waals surface area contributed by atoms with Gasteiger partial charge in [0.2, 0.25) is 0 Å². The molecule has 2 aromatic carbocycles. The summed E-state index contributed by atoms with van der Waals surface area (Å²) in [5.41, 5.74) is 1.05. The summed E-state index contributed by atoms with van der Waals surface area (Å²) in [6.07, 6.45) is 5.68. The maximum Gasteiger partial charge on any atom is 0.120 e. The summed E-state index contributed by atoms with van der Waals surface area (Å²) in [5.74, 6) is 0. The van der Waals surface area contributed by atoms with Crippen molar-refractivity contribution >= 4 is 0 Å². The molecule has 0 bridgehead atoms. The van der Waals surface area contributed by atoms with Gasteiger partial charge in [-0.3, -0.25) is 0 Å². The predicted molar refractivity (Wildman–Crippen MR) is 111 cm³/mol. The summed E-state index contributed by atoms with van der Waals surface area (Å²) in [7, 11) is 2.36. The van der Waals surface area contributed by atoms with E-state index in [1.807, 2.05) is 36.4 Å². The van der Waals surface area contributed by atoms with Crippen molar-refractivity contribution in [1.82, 2.24) is 0 Å². The highest BCUT2D eigenvalue weighted by Crippen LogP contribution is 2.34. The SMILES string of the molecule is CCCC[N+](C)(CCCC)CCC(O)(c1ccccc1)c1ccccc1. The first-order chi connectivity index (χ1) is 12.5. The van der Waals surface area contributed by atoms with Crippen LogP contribution in [0.15, 0.2) is 60.7 Å². The van der Waals surface area contributed by atoms with E-state index in [1.165, 1.54) is 38.8 Å². The second-order valence-corrected chi connectivity index (χ2v) is 7.84. The maximum atomic E-state index is 11.8. The third-order valence-electron chi connectivity index (χ3n) is 5.62. The number of aliphatic hydroxyl groups is 1. The summed E-state index contributed by atoms with van der Waals surface area (Å²) >= 11 is 0. The lowest BCUT2D eigenvalue weighted by molar-refractivity contribution is -0.910. The summed E-state index contributed by atoms with van der Waals surface area (Å²) in [4.78, 5) is 0. The van der Waals surface area contributed by atoms with Crippen molar-refractivity contribution in [3.8, 4) is 0 Å². The van der Waals surface area contributed by atoms with E-state index in [0.717, 1.165) is 28.6 Å². The van der Waals surface area contributed by atoms with Crippen molar-refractivity contribution in [3.63, 3.8) is 0 Å². The van der Waals surface area contributed by atoms with Gasteiger partial charge in [-0.15, -0.1) is 0 Å². The second-order valence-electron chi connectivity index (χ2n) is 7.84. The van der Waals surface area contributed by atoms with Crippen molar-refractivity contribution in [2.24, 2.45) is 0 Å². The van der Waals surface area contributed by atoms with Crippen LogP contribution in [-0.4, -0.2) is 36.3 Å². The Balaban J connectivity index is 2.26. The topological polar surface area (TPSA) is 20.2 Å². The molecule has 0 unspecified atom stereocenters. The van der Waals surface area contributed by atoms with Gasteiger partial charge < -0.3 is 9.59 Å². The van der Waals surface area contributed by atoms with Crippen LogP contribution in [0, 0.1) is 0 Å². The molecule has 0 fully saturated rings. The highest BCUT2D eigenvalue weighted by Gasteiger charge is 2.34.